The summed E-state index contributed by atoms with van der Waals surface area (Å²) >= 11 is 6.06. The first-order chi connectivity index (χ1) is 9.51. The van der Waals surface area contributed by atoms with Crippen molar-refractivity contribution in [3.63, 3.8) is 0 Å². The molecule has 1 amide bonds. The van der Waals surface area contributed by atoms with Crippen molar-refractivity contribution in [1.29, 1.82) is 0 Å². The predicted molar refractivity (Wildman–Crippen MR) is 83.6 cm³/mol. The lowest BCUT2D eigenvalue weighted by atomic mass is 10.1. The van der Waals surface area contributed by atoms with Gasteiger partial charge >= 0.3 is 0 Å². The fraction of sp³-hybridized carbons (Fsp3) is 0.533. The number of hydrogen-bond acceptors (Lipinski definition) is 3. The molecule has 4 nitrogen and oxygen atoms in total. The highest BCUT2D eigenvalue weighted by Crippen LogP contribution is 2.27. The topological polar surface area (TPSA) is 50.4 Å². The van der Waals surface area contributed by atoms with E-state index in [0.717, 1.165) is 18.5 Å². The molecule has 1 aromatic carbocycles. The number of benzene rings is 1. The Morgan fingerprint density at radius 1 is 1.35 bits per heavy atom. The minimum atomic E-state index is -0.319. The van der Waals surface area contributed by atoms with Crippen molar-refractivity contribution in [2.75, 3.05) is 12.4 Å². The van der Waals surface area contributed by atoms with E-state index >= 15 is 0 Å². The van der Waals surface area contributed by atoms with Crippen molar-refractivity contribution in [3.8, 4) is 5.75 Å². The minimum Gasteiger partial charge on any atom is -0.495 e. The molecule has 0 saturated heterocycles. The first-order valence-corrected chi connectivity index (χ1v) is 7.30. The Morgan fingerprint density at radius 2 is 2.00 bits per heavy atom. The third-order valence-corrected chi connectivity index (χ3v) is 3.56. The maximum Gasteiger partial charge on any atom is 0.242 e. The number of amides is 1. The van der Waals surface area contributed by atoms with Crippen LogP contribution in [0.1, 0.15) is 33.6 Å². The van der Waals surface area contributed by atoms with Crippen LogP contribution in [0.3, 0.4) is 0 Å². The molecule has 0 aliphatic carbocycles. The maximum absolute atomic E-state index is 12.1. The van der Waals surface area contributed by atoms with Crippen molar-refractivity contribution in [2.24, 2.45) is 0 Å². The van der Waals surface area contributed by atoms with Crippen molar-refractivity contribution in [3.05, 3.63) is 23.2 Å². The van der Waals surface area contributed by atoms with E-state index in [9.17, 15) is 4.79 Å². The third-order valence-electron chi connectivity index (χ3n) is 3.26. The normalized spacial score (nSPS) is 12.1. The van der Waals surface area contributed by atoms with E-state index < -0.39 is 0 Å². The van der Waals surface area contributed by atoms with Crippen LogP contribution in [-0.4, -0.2) is 25.1 Å². The average Bonchev–Trinajstić information content (AvgIpc) is 2.44. The summed E-state index contributed by atoms with van der Waals surface area (Å²) in [5.41, 5.74) is 0.794. The molecule has 0 radical (unpaired) electrons. The fourth-order valence-electron chi connectivity index (χ4n) is 1.89. The van der Waals surface area contributed by atoms with E-state index in [0.29, 0.717) is 10.8 Å². The zero-order valence-corrected chi connectivity index (χ0v) is 13.3. The van der Waals surface area contributed by atoms with Crippen molar-refractivity contribution < 1.29 is 9.53 Å². The van der Waals surface area contributed by atoms with Gasteiger partial charge in [0.05, 0.1) is 12.1 Å². The molecule has 0 aromatic heterocycles. The van der Waals surface area contributed by atoms with Crippen LogP contribution in [0.5, 0.6) is 5.75 Å². The average molecular weight is 299 g/mol. The highest BCUT2D eigenvalue weighted by atomic mass is 35.5. The molecule has 0 fully saturated rings. The summed E-state index contributed by atoms with van der Waals surface area (Å²) < 4.78 is 5.10. The lowest BCUT2D eigenvalue weighted by molar-refractivity contribution is -0.122. The molecule has 0 heterocycles. The van der Waals surface area contributed by atoms with E-state index in [-0.39, 0.29) is 18.0 Å². The predicted octanol–water partition coefficient (Wildman–Crippen LogP) is 3.45. The number of rotatable bonds is 7. The minimum absolute atomic E-state index is 0.00867. The van der Waals surface area contributed by atoms with Gasteiger partial charge in [0.25, 0.3) is 0 Å². The summed E-state index contributed by atoms with van der Waals surface area (Å²) in [5, 5.41) is 6.67. The Balaban J connectivity index is 2.63. The van der Waals surface area contributed by atoms with Gasteiger partial charge in [-0.3, -0.25) is 4.79 Å². The molecule has 1 unspecified atom stereocenters. The van der Waals surface area contributed by atoms with E-state index in [1.54, 1.807) is 19.2 Å². The first-order valence-electron chi connectivity index (χ1n) is 6.92. The van der Waals surface area contributed by atoms with Gasteiger partial charge in [0.1, 0.15) is 11.8 Å². The van der Waals surface area contributed by atoms with Gasteiger partial charge in [0, 0.05) is 11.7 Å². The quantitative estimate of drug-likeness (QED) is 0.810. The summed E-state index contributed by atoms with van der Waals surface area (Å²) in [6.07, 6.45) is 1.87. The summed E-state index contributed by atoms with van der Waals surface area (Å²) in [5.74, 6) is 0.608. The van der Waals surface area contributed by atoms with Gasteiger partial charge in [-0.1, -0.05) is 25.4 Å². The second-order valence-electron chi connectivity index (χ2n) is 4.74. The second-order valence-corrected chi connectivity index (χ2v) is 5.14. The van der Waals surface area contributed by atoms with Crippen LogP contribution in [0.4, 0.5) is 5.69 Å². The molecule has 112 valence electrons. The number of hydrogen-bond donors (Lipinski definition) is 2. The number of methoxy groups -OCH3 is 1. The van der Waals surface area contributed by atoms with Crippen LogP contribution in [0.25, 0.3) is 0 Å². The zero-order valence-electron chi connectivity index (χ0n) is 12.5. The van der Waals surface area contributed by atoms with Crippen LogP contribution < -0.4 is 15.4 Å². The lowest BCUT2D eigenvalue weighted by Gasteiger charge is -2.20. The van der Waals surface area contributed by atoms with Crippen LogP contribution in [-0.2, 0) is 4.79 Å². The monoisotopic (exact) mass is 298 g/mol. The Bertz CT molecular complexity index is 447. The van der Waals surface area contributed by atoms with Crippen molar-refractivity contribution in [2.45, 2.75) is 45.7 Å². The van der Waals surface area contributed by atoms with Crippen molar-refractivity contribution in [1.82, 2.24) is 5.32 Å². The third kappa shape index (κ3) is 4.60. The van der Waals surface area contributed by atoms with Gasteiger partial charge in [-0.15, -0.1) is 0 Å². The zero-order chi connectivity index (χ0) is 15.1. The molecule has 1 rings (SSSR count). The second kappa shape index (κ2) is 8.00. The van der Waals surface area contributed by atoms with Crippen LogP contribution in [0.15, 0.2) is 18.2 Å². The van der Waals surface area contributed by atoms with Gasteiger partial charge in [-0.05, 0) is 38.0 Å². The smallest absolute Gasteiger partial charge is 0.242 e. The molecule has 0 saturated carbocycles. The lowest BCUT2D eigenvalue weighted by Crippen LogP contribution is -2.42. The fourth-order valence-corrected chi connectivity index (χ4v) is 2.15. The van der Waals surface area contributed by atoms with Gasteiger partial charge in [-0.25, -0.2) is 0 Å². The molecule has 20 heavy (non-hydrogen) atoms. The number of carbonyl (C=O) groups excluding carboxylic acids is 1. The number of carbonyl (C=O) groups is 1. The molecule has 5 heteroatoms. The highest BCUT2D eigenvalue weighted by molar-refractivity contribution is 6.32. The van der Waals surface area contributed by atoms with E-state index in [2.05, 4.69) is 24.5 Å². The summed E-state index contributed by atoms with van der Waals surface area (Å²) in [4.78, 5) is 12.1. The largest absolute Gasteiger partial charge is 0.495 e. The molecule has 0 aliphatic heterocycles. The first kappa shape index (κ1) is 16.6. The van der Waals surface area contributed by atoms with Crippen molar-refractivity contribution >= 4 is 23.2 Å². The number of nitrogens with one attached hydrogen (secondary N) is 2. The van der Waals surface area contributed by atoms with E-state index in [1.165, 1.54) is 0 Å². The number of ether oxygens (including phenoxy) is 1. The van der Waals surface area contributed by atoms with E-state index in [4.69, 9.17) is 16.3 Å². The Labute approximate surface area is 125 Å². The Hall–Kier alpha value is -1.42. The number of anilines is 1. The highest BCUT2D eigenvalue weighted by Gasteiger charge is 2.16. The maximum atomic E-state index is 12.1. The van der Waals surface area contributed by atoms with E-state index in [1.807, 2.05) is 13.0 Å². The molecule has 1 atom stereocenters. The molecular formula is C15H23ClN2O2. The molecule has 0 aliphatic rings. The summed E-state index contributed by atoms with van der Waals surface area (Å²) in [6.45, 7) is 5.96. The molecule has 0 bridgehead atoms. The summed E-state index contributed by atoms with van der Waals surface area (Å²) in [6, 6.07) is 5.27. The molecule has 2 N–H and O–H groups in total. The van der Waals surface area contributed by atoms with Gasteiger partial charge < -0.3 is 15.4 Å². The number of halogens is 1. The molecule has 1 aromatic rings. The molecule has 0 spiro atoms. The Kier molecular flexibility index (Phi) is 6.65. The molecular weight excluding hydrogens is 276 g/mol. The standard InChI is InChI=1S/C15H23ClN2O2/c1-5-11(6-2)18-15(19)10(3)17-12-7-8-14(20-4)13(16)9-12/h7-11,17H,5-6H2,1-4H3,(H,18,19). The van der Waals surface area contributed by atoms with Crippen LogP contribution in [0.2, 0.25) is 5.02 Å². The van der Waals surface area contributed by atoms with Crippen LogP contribution in [0, 0.1) is 0 Å². The Morgan fingerprint density at radius 3 is 2.50 bits per heavy atom. The van der Waals surface area contributed by atoms with Gasteiger partial charge in [-0.2, -0.15) is 0 Å². The van der Waals surface area contributed by atoms with Gasteiger partial charge in [0.2, 0.25) is 5.91 Å². The SMILES string of the molecule is CCC(CC)NC(=O)C(C)Nc1ccc(OC)c(Cl)c1. The van der Waals surface area contributed by atoms with Gasteiger partial charge in [0.15, 0.2) is 0 Å². The van der Waals surface area contributed by atoms with Crippen LogP contribution >= 0.6 is 11.6 Å². The summed E-state index contributed by atoms with van der Waals surface area (Å²) in [7, 11) is 1.57.